The Morgan fingerprint density at radius 2 is 1.85 bits per heavy atom. The first-order valence-electron chi connectivity index (χ1n) is 6.84. The zero-order valence-corrected chi connectivity index (χ0v) is 12.5. The number of aryl methyl sites for hydroxylation is 1. The van der Waals surface area contributed by atoms with Gasteiger partial charge in [-0.05, 0) is 60.8 Å². The van der Waals surface area contributed by atoms with E-state index >= 15 is 0 Å². The van der Waals surface area contributed by atoms with Gasteiger partial charge < -0.3 is 5.32 Å². The van der Waals surface area contributed by atoms with E-state index in [-0.39, 0.29) is 11.9 Å². The van der Waals surface area contributed by atoms with Gasteiger partial charge in [-0.1, -0.05) is 36.7 Å². The van der Waals surface area contributed by atoms with E-state index < -0.39 is 0 Å². The second-order valence-electron chi connectivity index (χ2n) is 4.94. The number of rotatable bonds is 5. The van der Waals surface area contributed by atoms with Crippen molar-refractivity contribution in [3.05, 3.63) is 70.0 Å². The van der Waals surface area contributed by atoms with E-state index in [0.29, 0.717) is 0 Å². The summed E-state index contributed by atoms with van der Waals surface area (Å²) in [5.74, 6) is -0.201. The average Bonchev–Trinajstić information content (AvgIpc) is 2.43. The molecule has 0 radical (unpaired) electrons. The molecule has 3 heteroatoms. The highest BCUT2D eigenvalue weighted by molar-refractivity contribution is 6.30. The monoisotopic (exact) mass is 291 g/mol. The van der Waals surface area contributed by atoms with Gasteiger partial charge in [-0.25, -0.2) is 4.39 Å². The van der Waals surface area contributed by atoms with Crippen LogP contribution >= 0.6 is 11.6 Å². The Balaban J connectivity index is 2.26. The summed E-state index contributed by atoms with van der Waals surface area (Å²) in [6.45, 7) is 5.04. The fourth-order valence-electron chi connectivity index (χ4n) is 2.38. The van der Waals surface area contributed by atoms with Gasteiger partial charge in [0.05, 0.1) is 0 Å². The van der Waals surface area contributed by atoms with Crippen molar-refractivity contribution in [2.75, 3.05) is 6.54 Å². The zero-order chi connectivity index (χ0) is 14.5. The molecule has 106 valence electrons. The van der Waals surface area contributed by atoms with Gasteiger partial charge in [0, 0.05) is 11.1 Å². The van der Waals surface area contributed by atoms with Crippen LogP contribution in [0.15, 0.2) is 42.5 Å². The zero-order valence-electron chi connectivity index (χ0n) is 11.8. The Morgan fingerprint density at radius 1 is 1.15 bits per heavy atom. The molecule has 2 aromatic carbocycles. The highest BCUT2D eigenvalue weighted by Gasteiger charge is 2.14. The van der Waals surface area contributed by atoms with E-state index in [1.165, 1.54) is 23.3 Å². The fraction of sp³-hybridized carbons (Fsp3) is 0.294. The molecule has 1 unspecified atom stereocenters. The molecule has 0 aromatic heterocycles. The number of benzene rings is 2. The molecule has 0 aliphatic carbocycles. The van der Waals surface area contributed by atoms with Gasteiger partial charge in [-0.3, -0.25) is 0 Å². The van der Waals surface area contributed by atoms with Crippen LogP contribution in [-0.2, 0) is 6.42 Å². The quantitative estimate of drug-likeness (QED) is 0.843. The van der Waals surface area contributed by atoms with Gasteiger partial charge in [-0.2, -0.15) is 0 Å². The lowest BCUT2D eigenvalue weighted by Gasteiger charge is -2.21. The molecule has 1 N–H and O–H groups in total. The third kappa shape index (κ3) is 3.81. The largest absolute Gasteiger partial charge is 0.310 e. The predicted molar refractivity (Wildman–Crippen MR) is 82.7 cm³/mol. The Hall–Kier alpha value is -1.38. The molecule has 0 heterocycles. The molecule has 0 aliphatic rings. The van der Waals surface area contributed by atoms with Crippen LogP contribution in [0.3, 0.4) is 0 Å². The molecule has 0 bridgehead atoms. The van der Waals surface area contributed by atoms with Gasteiger partial charge >= 0.3 is 0 Å². The summed E-state index contributed by atoms with van der Waals surface area (Å²) < 4.78 is 13.0. The van der Waals surface area contributed by atoms with Crippen LogP contribution in [0.4, 0.5) is 4.39 Å². The van der Waals surface area contributed by atoms with Gasteiger partial charge in [0.15, 0.2) is 0 Å². The first-order chi connectivity index (χ1) is 9.60. The number of likely N-dealkylation sites (N-methyl/N-ethyl adjacent to an activating group) is 1. The fourth-order valence-corrected chi connectivity index (χ4v) is 2.56. The van der Waals surface area contributed by atoms with Gasteiger partial charge in [0.1, 0.15) is 5.82 Å². The van der Waals surface area contributed by atoms with Crippen molar-refractivity contribution in [2.24, 2.45) is 0 Å². The molecule has 20 heavy (non-hydrogen) atoms. The second-order valence-corrected chi connectivity index (χ2v) is 5.38. The Kier molecular flexibility index (Phi) is 5.16. The molecule has 0 saturated carbocycles. The van der Waals surface area contributed by atoms with Crippen molar-refractivity contribution in [3.63, 3.8) is 0 Å². The minimum Gasteiger partial charge on any atom is -0.310 e. The summed E-state index contributed by atoms with van der Waals surface area (Å²) >= 11 is 6.11. The summed E-state index contributed by atoms with van der Waals surface area (Å²) in [5, 5.41) is 4.22. The first-order valence-corrected chi connectivity index (χ1v) is 7.22. The minimum absolute atomic E-state index is 0.184. The van der Waals surface area contributed by atoms with Crippen LogP contribution in [0.1, 0.15) is 29.7 Å². The Morgan fingerprint density at radius 3 is 2.50 bits per heavy atom. The molecule has 0 fully saturated rings. The third-order valence-electron chi connectivity index (χ3n) is 3.42. The minimum atomic E-state index is -0.201. The number of nitrogens with one attached hydrogen (secondary N) is 1. The highest BCUT2D eigenvalue weighted by atomic mass is 35.5. The van der Waals surface area contributed by atoms with E-state index in [1.807, 2.05) is 30.3 Å². The van der Waals surface area contributed by atoms with E-state index in [9.17, 15) is 4.39 Å². The van der Waals surface area contributed by atoms with Crippen LogP contribution < -0.4 is 5.32 Å². The maximum absolute atomic E-state index is 13.0. The lowest BCUT2D eigenvalue weighted by molar-refractivity contribution is 0.546. The van der Waals surface area contributed by atoms with Crippen molar-refractivity contribution in [1.29, 1.82) is 0 Å². The molecule has 1 atom stereocenters. The predicted octanol–water partition coefficient (Wildman–Crippen LogP) is 4.68. The topological polar surface area (TPSA) is 12.0 Å². The van der Waals surface area contributed by atoms with Crippen LogP contribution in [0.2, 0.25) is 5.02 Å². The maximum Gasteiger partial charge on any atom is 0.123 e. The lowest BCUT2D eigenvalue weighted by atomic mass is 9.95. The molecule has 0 spiro atoms. The molecule has 0 aliphatic heterocycles. The Labute approximate surface area is 124 Å². The summed E-state index contributed by atoms with van der Waals surface area (Å²) in [6, 6.07) is 12.8. The van der Waals surface area contributed by atoms with Gasteiger partial charge in [0.2, 0.25) is 0 Å². The van der Waals surface area contributed by atoms with E-state index in [2.05, 4.69) is 19.2 Å². The third-order valence-corrected chi connectivity index (χ3v) is 3.66. The van der Waals surface area contributed by atoms with E-state index in [1.54, 1.807) is 0 Å². The Bertz CT molecular complexity index is 566. The molecular formula is C17H19ClFN. The van der Waals surface area contributed by atoms with Crippen molar-refractivity contribution < 1.29 is 4.39 Å². The first kappa shape index (κ1) is 15.0. The lowest BCUT2D eigenvalue weighted by Crippen LogP contribution is -2.23. The van der Waals surface area contributed by atoms with Gasteiger partial charge in [0.25, 0.3) is 0 Å². The molecular weight excluding hydrogens is 273 g/mol. The smallest absolute Gasteiger partial charge is 0.123 e. The SMILES string of the molecule is CCNC(Cc1ccc(F)cc1)c1cc(Cl)ccc1C. The molecule has 2 rings (SSSR count). The number of hydrogen-bond donors (Lipinski definition) is 1. The van der Waals surface area contributed by atoms with E-state index in [4.69, 9.17) is 11.6 Å². The van der Waals surface area contributed by atoms with Crippen molar-refractivity contribution in [3.8, 4) is 0 Å². The second kappa shape index (κ2) is 6.87. The maximum atomic E-state index is 13.0. The van der Waals surface area contributed by atoms with Crippen LogP contribution in [0, 0.1) is 12.7 Å². The van der Waals surface area contributed by atoms with E-state index in [0.717, 1.165) is 23.6 Å². The van der Waals surface area contributed by atoms with Gasteiger partial charge in [-0.15, -0.1) is 0 Å². The molecule has 0 amide bonds. The summed E-state index contributed by atoms with van der Waals surface area (Å²) in [5.41, 5.74) is 3.52. The van der Waals surface area contributed by atoms with Crippen molar-refractivity contribution in [2.45, 2.75) is 26.3 Å². The summed E-state index contributed by atoms with van der Waals surface area (Å²) in [4.78, 5) is 0. The summed E-state index contributed by atoms with van der Waals surface area (Å²) in [6.07, 6.45) is 0.815. The number of hydrogen-bond acceptors (Lipinski definition) is 1. The van der Waals surface area contributed by atoms with Crippen LogP contribution in [-0.4, -0.2) is 6.54 Å². The highest BCUT2D eigenvalue weighted by Crippen LogP contribution is 2.25. The molecule has 2 aromatic rings. The van der Waals surface area contributed by atoms with Crippen molar-refractivity contribution in [1.82, 2.24) is 5.32 Å². The summed E-state index contributed by atoms with van der Waals surface area (Å²) in [7, 11) is 0. The molecule has 1 nitrogen and oxygen atoms in total. The van der Waals surface area contributed by atoms with Crippen LogP contribution in [0.5, 0.6) is 0 Å². The number of halogens is 2. The standard InChI is InChI=1S/C17H19ClFN/c1-3-20-17(10-13-5-8-15(19)9-6-13)16-11-14(18)7-4-12(16)2/h4-9,11,17,20H,3,10H2,1-2H3. The normalized spacial score (nSPS) is 12.4. The average molecular weight is 292 g/mol. The van der Waals surface area contributed by atoms with Crippen LogP contribution in [0.25, 0.3) is 0 Å². The van der Waals surface area contributed by atoms with Crippen molar-refractivity contribution >= 4 is 11.6 Å². The molecule has 0 saturated heterocycles.